The molecule has 1 fully saturated rings. The standard InChI is InChI=1S/C16H25N5O2/c1-3-4-7-18-16-19-9-12(14(17)23)15(21-16)20-11-6-5-10(2)13(22)8-11/h3,9-11,13,22H,1,4-8H2,2H3,(H2,17,23)(H2,18,19,20,21)/t10-,11-,13-/m1/s1. The molecular weight excluding hydrogens is 294 g/mol. The number of anilines is 2. The molecule has 0 aliphatic heterocycles. The molecular formula is C16H25N5O2. The van der Waals surface area contributed by atoms with Crippen molar-refractivity contribution in [3.63, 3.8) is 0 Å². The van der Waals surface area contributed by atoms with E-state index in [2.05, 4.69) is 27.2 Å². The Balaban J connectivity index is 2.12. The molecule has 0 bridgehead atoms. The number of primary amides is 1. The largest absolute Gasteiger partial charge is 0.393 e. The molecule has 7 heteroatoms. The molecule has 3 atom stereocenters. The molecule has 23 heavy (non-hydrogen) atoms. The first-order chi connectivity index (χ1) is 11.0. The number of amides is 1. The fourth-order valence-corrected chi connectivity index (χ4v) is 2.67. The minimum atomic E-state index is -0.574. The normalized spacial score (nSPS) is 24.0. The number of aromatic nitrogens is 2. The monoisotopic (exact) mass is 319 g/mol. The molecule has 1 saturated carbocycles. The number of aliphatic hydroxyl groups is 1. The fraction of sp³-hybridized carbons (Fsp3) is 0.562. The number of carbonyl (C=O) groups excluding carboxylic acids is 1. The van der Waals surface area contributed by atoms with E-state index in [1.807, 2.05) is 6.92 Å². The van der Waals surface area contributed by atoms with E-state index in [1.165, 1.54) is 6.20 Å². The molecule has 0 aromatic carbocycles. The summed E-state index contributed by atoms with van der Waals surface area (Å²) >= 11 is 0. The van der Waals surface area contributed by atoms with Crippen molar-refractivity contribution in [1.29, 1.82) is 0 Å². The van der Waals surface area contributed by atoms with Gasteiger partial charge in [-0.05, 0) is 31.6 Å². The van der Waals surface area contributed by atoms with E-state index in [0.29, 0.717) is 30.6 Å². The van der Waals surface area contributed by atoms with Crippen molar-refractivity contribution < 1.29 is 9.90 Å². The maximum Gasteiger partial charge on any atom is 0.254 e. The summed E-state index contributed by atoms with van der Waals surface area (Å²) in [5.74, 6) is 0.574. The first kappa shape index (κ1) is 17.2. The summed E-state index contributed by atoms with van der Waals surface area (Å²) in [6.45, 7) is 6.37. The lowest BCUT2D eigenvalue weighted by Gasteiger charge is -2.32. The van der Waals surface area contributed by atoms with Gasteiger partial charge in [0.05, 0.1) is 11.7 Å². The van der Waals surface area contributed by atoms with Crippen molar-refractivity contribution in [2.24, 2.45) is 11.7 Å². The highest BCUT2D eigenvalue weighted by molar-refractivity contribution is 5.97. The zero-order chi connectivity index (χ0) is 16.8. The number of nitrogens with zero attached hydrogens (tertiary/aromatic N) is 2. The highest BCUT2D eigenvalue weighted by atomic mass is 16.3. The SMILES string of the molecule is C=CCCNc1ncc(C(N)=O)c(N[C@@H]2CC[C@@H](C)[C@H](O)C2)n1. The van der Waals surface area contributed by atoms with Crippen LogP contribution < -0.4 is 16.4 Å². The predicted octanol–water partition coefficient (Wildman–Crippen LogP) is 1.52. The predicted molar refractivity (Wildman–Crippen MR) is 90.3 cm³/mol. The minimum absolute atomic E-state index is 0.0650. The van der Waals surface area contributed by atoms with Gasteiger partial charge in [0, 0.05) is 18.8 Å². The Hall–Kier alpha value is -2.15. The highest BCUT2D eigenvalue weighted by Gasteiger charge is 2.27. The van der Waals surface area contributed by atoms with Crippen LogP contribution in [0.15, 0.2) is 18.9 Å². The topological polar surface area (TPSA) is 113 Å². The third-order valence-corrected chi connectivity index (χ3v) is 4.18. The Morgan fingerprint density at radius 1 is 1.57 bits per heavy atom. The molecule has 1 heterocycles. The number of hydrogen-bond donors (Lipinski definition) is 4. The maximum absolute atomic E-state index is 11.6. The summed E-state index contributed by atoms with van der Waals surface area (Å²) in [4.78, 5) is 20.0. The van der Waals surface area contributed by atoms with Gasteiger partial charge in [-0.2, -0.15) is 4.98 Å². The number of hydrogen-bond acceptors (Lipinski definition) is 6. The van der Waals surface area contributed by atoms with Crippen LogP contribution in [-0.2, 0) is 0 Å². The number of carbonyl (C=O) groups is 1. The first-order valence-electron chi connectivity index (χ1n) is 7.97. The molecule has 0 spiro atoms. The van der Waals surface area contributed by atoms with Crippen LogP contribution in [0.3, 0.4) is 0 Å². The zero-order valence-electron chi connectivity index (χ0n) is 13.5. The molecule has 1 aliphatic rings. The van der Waals surface area contributed by atoms with Gasteiger partial charge in [-0.1, -0.05) is 13.0 Å². The van der Waals surface area contributed by atoms with Crippen LogP contribution in [0, 0.1) is 5.92 Å². The second-order valence-electron chi connectivity index (χ2n) is 6.02. The molecule has 1 aromatic heterocycles. The van der Waals surface area contributed by atoms with Crippen LogP contribution in [0.25, 0.3) is 0 Å². The Morgan fingerprint density at radius 2 is 2.35 bits per heavy atom. The molecule has 0 unspecified atom stereocenters. The van der Waals surface area contributed by atoms with Crippen LogP contribution >= 0.6 is 0 Å². The van der Waals surface area contributed by atoms with E-state index in [-0.39, 0.29) is 17.7 Å². The van der Waals surface area contributed by atoms with Gasteiger partial charge in [-0.15, -0.1) is 6.58 Å². The van der Waals surface area contributed by atoms with Crippen molar-refractivity contribution in [2.45, 2.75) is 44.8 Å². The number of rotatable bonds is 7. The van der Waals surface area contributed by atoms with Gasteiger partial charge >= 0.3 is 0 Å². The van der Waals surface area contributed by atoms with Crippen LogP contribution in [0.4, 0.5) is 11.8 Å². The maximum atomic E-state index is 11.6. The van der Waals surface area contributed by atoms with Gasteiger partial charge in [-0.25, -0.2) is 4.98 Å². The van der Waals surface area contributed by atoms with Gasteiger partial charge in [0.15, 0.2) is 0 Å². The van der Waals surface area contributed by atoms with Gasteiger partial charge in [-0.3, -0.25) is 4.79 Å². The van der Waals surface area contributed by atoms with Gasteiger partial charge < -0.3 is 21.5 Å². The lowest BCUT2D eigenvalue weighted by molar-refractivity contribution is 0.0739. The van der Waals surface area contributed by atoms with E-state index >= 15 is 0 Å². The van der Waals surface area contributed by atoms with Gasteiger partial charge in [0.1, 0.15) is 5.82 Å². The van der Waals surface area contributed by atoms with Crippen molar-refractivity contribution in [3.05, 3.63) is 24.4 Å². The Kier molecular flexibility index (Phi) is 5.92. The summed E-state index contributed by atoms with van der Waals surface area (Å²) in [6, 6.07) is 0.0650. The van der Waals surface area contributed by atoms with Crippen molar-refractivity contribution in [2.75, 3.05) is 17.2 Å². The Bertz CT molecular complexity index is 563. The smallest absolute Gasteiger partial charge is 0.254 e. The van der Waals surface area contributed by atoms with E-state index in [4.69, 9.17) is 5.73 Å². The molecule has 1 aromatic rings. The Labute approximate surface area is 136 Å². The number of aliphatic hydroxyl groups excluding tert-OH is 1. The van der Waals surface area contributed by atoms with Crippen molar-refractivity contribution in [3.8, 4) is 0 Å². The number of nitrogens with one attached hydrogen (secondary N) is 2. The van der Waals surface area contributed by atoms with E-state index in [1.54, 1.807) is 6.08 Å². The summed E-state index contributed by atoms with van der Waals surface area (Å²) < 4.78 is 0. The van der Waals surface area contributed by atoms with Gasteiger partial charge in [0.2, 0.25) is 5.95 Å². The third-order valence-electron chi connectivity index (χ3n) is 4.18. The molecule has 2 rings (SSSR count). The van der Waals surface area contributed by atoms with Crippen molar-refractivity contribution >= 4 is 17.7 Å². The van der Waals surface area contributed by atoms with Crippen LogP contribution in [0.1, 0.15) is 43.0 Å². The summed E-state index contributed by atoms with van der Waals surface area (Å²) in [5.41, 5.74) is 5.66. The fourth-order valence-electron chi connectivity index (χ4n) is 2.67. The zero-order valence-corrected chi connectivity index (χ0v) is 13.5. The summed E-state index contributed by atoms with van der Waals surface area (Å²) in [5, 5.41) is 16.3. The first-order valence-corrected chi connectivity index (χ1v) is 7.97. The van der Waals surface area contributed by atoms with Gasteiger partial charge in [0.25, 0.3) is 5.91 Å². The molecule has 1 aliphatic carbocycles. The average molecular weight is 319 g/mol. The van der Waals surface area contributed by atoms with E-state index < -0.39 is 5.91 Å². The number of nitrogens with two attached hydrogens (primary N) is 1. The van der Waals surface area contributed by atoms with Crippen LogP contribution in [-0.4, -0.2) is 39.7 Å². The molecule has 5 N–H and O–H groups in total. The van der Waals surface area contributed by atoms with Crippen LogP contribution in [0.2, 0.25) is 0 Å². The highest BCUT2D eigenvalue weighted by Crippen LogP contribution is 2.27. The second kappa shape index (κ2) is 7.92. The Morgan fingerprint density at radius 3 is 3.00 bits per heavy atom. The second-order valence-corrected chi connectivity index (χ2v) is 6.02. The van der Waals surface area contributed by atoms with Crippen molar-refractivity contribution in [1.82, 2.24) is 9.97 Å². The quantitative estimate of drug-likeness (QED) is 0.448. The lowest BCUT2D eigenvalue weighted by atomic mass is 9.85. The molecule has 126 valence electrons. The van der Waals surface area contributed by atoms with Crippen LogP contribution in [0.5, 0.6) is 0 Å². The minimum Gasteiger partial charge on any atom is -0.393 e. The summed E-state index contributed by atoms with van der Waals surface area (Å²) in [6.07, 6.45) is 6.15. The average Bonchev–Trinajstić information content (AvgIpc) is 2.51. The van der Waals surface area contributed by atoms with E-state index in [9.17, 15) is 9.90 Å². The van der Waals surface area contributed by atoms with E-state index in [0.717, 1.165) is 19.3 Å². The third kappa shape index (κ3) is 4.66. The molecule has 0 saturated heterocycles. The summed E-state index contributed by atoms with van der Waals surface area (Å²) in [7, 11) is 0. The molecule has 1 amide bonds. The molecule has 7 nitrogen and oxygen atoms in total. The molecule has 0 radical (unpaired) electrons. The lowest BCUT2D eigenvalue weighted by Crippen LogP contribution is -2.35.